The first-order valence-corrected chi connectivity index (χ1v) is 5.46. The van der Waals surface area contributed by atoms with Crippen molar-refractivity contribution in [2.45, 2.75) is 52.6 Å². The van der Waals surface area contributed by atoms with Gasteiger partial charge in [0.25, 0.3) is 0 Å². The van der Waals surface area contributed by atoms with Gasteiger partial charge in [0.2, 0.25) is 0 Å². The largest absolute Gasteiger partial charge is 0.381 e. The highest BCUT2D eigenvalue weighted by Crippen LogP contribution is 1.96. The molecule has 0 rings (SSSR count). The van der Waals surface area contributed by atoms with Gasteiger partial charge in [-0.3, -0.25) is 0 Å². The van der Waals surface area contributed by atoms with E-state index in [1.165, 1.54) is 12.8 Å². The zero-order chi connectivity index (χ0) is 9.94. The molecular weight excluding hydrogens is 164 g/mol. The molecule has 0 radical (unpaired) electrons. The van der Waals surface area contributed by atoms with Gasteiger partial charge in [0.1, 0.15) is 0 Å². The molecule has 0 saturated carbocycles. The van der Waals surface area contributed by atoms with Crippen LogP contribution in [0.4, 0.5) is 0 Å². The van der Waals surface area contributed by atoms with Gasteiger partial charge in [0.05, 0.1) is 6.10 Å². The zero-order valence-corrected chi connectivity index (χ0v) is 9.34. The molecule has 0 aliphatic carbocycles. The van der Waals surface area contributed by atoms with Crippen molar-refractivity contribution >= 4 is 0 Å². The lowest BCUT2D eigenvalue weighted by Gasteiger charge is -2.07. The molecule has 0 N–H and O–H groups in total. The Morgan fingerprint density at radius 2 is 1.54 bits per heavy atom. The van der Waals surface area contributed by atoms with Gasteiger partial charge in [-0.15, -0.1) is 0 Å². The van der Waals surface area contributed by atoms with Crippen LogP contribution in [0.1, 0.15) is 46.5 Å². The molecule has 0 saturated heterocycles. The molecule has 0 aliphatic rings. The van der Waals surface area contributed by atoms with Gasteiger partial charge in [0, 0.05) is 19.8 Å². The van der Waals surface area contributed by atoms with Crippen molar-refractivity contribution in [3.8, 4) is 0 Å². The van der Waals surface area contributed by atoms with E-state index in [2.05, 4.69) is 20.8 Å². The molecule has 0 spiro atoms. The van der Waals surface area contributed by atoms with Crippen molar-refractivity contribution in [2.24, 2.45) is 0 Å². The van der Waals surface area contributed by atoms with Crippen LogP contribution in [0.3, 0.4) is 0 Å². The summed E-state index contributed by atoms with van der Waals surface area (Å²) in [5.41, 5.74) is 0. The van der Waals surface area contributed by atoms with Gasteiger partial charge in [-0.2, -0.15) is 0 Å². The van der Waals surface area contributed by atoms with Crippen LogP contribution in [-0.4, -0.2) is 25.9 Å². The highest BCUT2D eigenvalue weighted by atomic mass is 16.5. The number of rotatable bonds is 9. The highest BCUT2D eigenvalue weighted by molar-refractivity contribution is 4.41. The molecule has 0 heterocycles. The Kier molecular flexibility index (Phi) is 9.94. The number of hydrogen-bond acceptors (Lipinski definition) is 2. The van der Waals surface area contributed by atoms with E-state index < -0.39 is 0 Å². The van der Waals surface area contributed by atoms with Gasteiger partial charge >= 0.3 is 0 Å². The maximum Gasteiger partial charge on any atom is 0.0518 e. The fourth-order valence-electron chi connectivity index (χ4n) is 0.974. The molecule has 0 atom stereocenters. The van der Waals surface area contributed by atoms with Gasteiger partial charge in [0.15, 0.2) is 0 Å². The molecule has 2 nitrogen and oxygen atoms in total. The topological polar surface area (TPSA) is 18.5 Å². The normalized spacial score (nSPS) is 11.1. The van der Waals surface area contributed by atoms with Crippen LogP contribution in [-0.2, 0) is 9.47 Å². The summed E-state index contributed by atoms with van der Waals surface area (Å²) in [6.07, 6.45) is 5.00. The van der Waals surface area contributed by atoms with Crippen LogP contribution in [0, 0.1) is 0 Å². The maximum atomic E-state index is 5.43. The summed E-state index contributed by atoms with van der Waals surface area (Å²) in [6, 6.07) is 0. The minimum Gasteiger partial charge on any atom is -0.381 e. The van der Waals surface area contributed by atoms with E-state index in [0.717, 1.165) is 32.7 Å². The predicted molar refractivity (Wildman–Crippen MR) is 56.0 cm³/mol. The molecule has 0 aromatic rings. The molecule has 0 aromatic heterocycles. The first kappa shape index (κ1) is 12.9. The maximum absolute atomic E-state index is 5.43. The van der Waals surface area contributed by atoms with Crippen molar-refractivity contribution in [1.29, 1.82) is 0 Å². The minimum atomic E-state index is 0.362. The quantitative estimate of drug-likeness (QED) is 0.518. The van der Waals surface area contributed by atoms with E-state index >= 15 is 0 Å². The van der Waals surface area contributed by atoms with E-state index in [0.29, 0.717) is 6.10 Å². The van der Waals surface area contributed by atoms with Crippen molar-refractivity contribution < 1.29 is 9.47 Å². The molecule has 80 valence electrons. The summed E-state index contributed by atoms with van der Waals surface area (Å²) < 4.78 is 10.8. The zero-order valence-electron chi connectivity index (χ0n) is 9.34. The first-order chi connectivity index (χ1) is 6.27. The Morgan fingerprint density at radius 3 is 2.15 bits per heavy atom. The summed E-state index contributed by atoms with van der Waals surface area (Å²) >= 11 is 0. The molecule has 0 amide bonds. The molecule has 0 fully saturated rings. The third kappa shape index (κ3) is 11.9. The molecule has 0 aliphatic heterocycles. The summed E-state index contributed by atoms with van der Waals surface area (Å²) in [7, 11) is 0. The second-order valence-electron chi connectivity index (χ2n) is 3.59. The first-order valence-electron chi connectivity index (χ1n) is 5.46. The molecule has 13 heavy (non-hydrogen) atoms. The van der Waals surface area contributed by atoms with Crippen LogP contribution in [0.25, 0.3) is 0 Å². The van der Waals surface area contributed by atoms with Gasteiger partial charge in [-0.25, -0.2) is 0 Å². The van der Waals surface area contributed by atoms with Crippen molar-refractivity contribution in [1.82, 2.24) is 0 Å². The summed E-state index contributed by atoms with van der Waals surface area (Å²) in [6.45, 7) is 8.99. The fraction of sp³-hybridized carbons (Fsp3) is 1.00. The molecular formula is C11H24O2. The fourth-order valence-corrected chi connectivity index (χ4v) is 0.974. The number of ether oxygens (including phenoxy) is 2. The van der Waals surface area contributed by atoms with Crippen molar-refractivity contribution in [3.05, 3.63) is 0 Å². The number of unbranched alkanes of at least 4 members (excludes halogenated alkanes) is 2. The van der Waals surface area contributed by atoms with Crippen molar-refractivity contribution in [3.63, 3.8) is 0 Å². The Hall–Kier alpha value is -0.0800. The third-order valence-electron chi connectivity index (χ3n) is 1.78. The van der Waals surface area contributed by atoms with Crippen molar-refractivity contribution in [2.75, 3.05) is 19.8 Å². The van der Waals surface area contributed by atoms with Crippen LogP contribution in [0.15, 0.2) is 0 Å². The third-order valence-corrected chi connectivity index (χ3v) is 1.78. The lowest BCUT2D eigenvalue weighted by atomic mass is 10.3. The second-order valence-corrected chi connectivity index (χ2v) is 3.59. The Bertz CT molecular complexity index is 92.1. The van der Waals surface area contributed by atoms with E-state index in [-0.39, 0.29) is 0 Å². The van der Waals surface area contributed by atoms with E-state index in [4.69, 9.17) is 9.47 Å². The van der Waals surface area contributed by atoms with E-state index in [1.54, 1.807) is 0 Å². The monoisotopic (exact) mass is 188 g/mol. The molecule has 0 bridgehead atoms. The molecule has 2 heteroatoms. The van der Waals surface area contributed by atoms with E-state index in [9.17, 15) is 0 Å². The lowest BCUT2D eigenvalue weighted by molar-refractivity contribution is 0.0662. The minimum absolute atomic E-state index is 0.362. The van der Waals surface area contributed by atoms with Crippen LogP contribution in [0.5, 0.6) is 0 Å². The average molecular weight is 188 g/mol. The van der Waals surface area contributed by atoms with Gasteiger partial charge in [-0.05, 0) is 33.1 Å². The van der Waals surface area contributed by atoms with Crippen LogP contribution >= 0.6 is 0 Å². The van der Waals surface area contributed by atoms with Crippen LogP contribution in [0.2, 0.25) is 0 Å². The van der Waals surface area contributed by atoms with E-state index in [1.807, 2.05) is 0 Å². The average Bonchev–Trinajstić information content (AvgIpc) is 2.09. The second kappa shape index (κ2) is 10.0. The summed E-state index contributed by atoms with van der Waals surface area (Å²) in [5.74, 6) is 0. The Labute approximate surface area is 82.6 Å². The SMILES string of the molecule is CCCCOCCCCOC(C)C. The highest BCUT2D eigenvalue weighted by Gasteiger charge is 1.93. The summed E-state index contributed by atoms with van der Waals surface area (Å²) in [4.78, 5) is 0. The summed E-state index contributed by atoms with van der Waals surface area (Å²) in [5, 5.41) is 0. The van der Waals surface area contributed by atoms with Crippen LogP contribution < -0.4 is 0 Å². The predicted octanol–water partition coefficient (Wildman–Crippen LogP) is 3.01. The number of hydrogen-bond donors (Lipinski definition) is 0. The molecule has 0 aromatic carbocycles. The Balaban J connectivity index is 2.84. The standard InChI is InChI=1S/C11H24O2/c1-4-5-8-12-9-6-7-10-13-11(2)3/h11H,4-10H2,1-3H3. The van der Waals surface area contributed by atoms with Gasteiger partial charge < -0.3 is 9.47 Å². The van der Waals surface area contributed by atoms with Gasteiger partial charge in [-0.1, -0.05) is 13.3 Å². The smallest absolute Gasteiger partial charge is 0.0518 e. The Morgan fingerprint density at radius 1 is 0.923 bits per heavy atom. The lowest BCUT2D eigenvalue weighted by Crippen LogP contribution is -2.05. The molecule has 0 unspecified atom stereocenters.